The van der Waals surface area contributed by atoms with E-state index in [4.69, 9.17) is 0 Å². The lowest BCUT2D eigenvalue weighted by molar-refractivity contribution is -0.135. The maximum Gasteiger partial charge on any atom is 0.339 e. The third kappa shape index (κ3) is 2.86. The summed E-state index contributed by atoms with van der Waals surface area (Å²) in [7, 11) is 1.35. The molecule has 2 heteroatoms. The number of hydrogen-bond donors (Lipinski definition) is 0. The Bertz CT molecular complexity index is 500. The Morgan fingerprint density at radius 1 is 0.889 bits per heavy atom. The van der Waals surface area contributed by atoms with E-state index in [9.17, 15) is 4.79 Å². The van der Waals surface area contributed by atoms with E-state index in [2.05, 4.69) is 10.8 Å². The van der Waals surface area contributed by atoms with Crippen molar-refractivity contribution in [2.45, 2.75) is 0 Å². The van der Waals surface area contributed by atoms with E-state index >= 15 is 0 Å². The zero-order chi connectivity index (χ0) is 12.8. The van der Waals surface area contributed by atoms with E-state index in [-0.39, 0.29) is 0 Å². The van der Waals surface area contributed by atoms with Crippen LogP contribution in [0.3, 0.4) is 0 Å². The summed E-state index contributed by atoms with van der Waals surface area (Å²) in [4.78, 5) is 11.4. The first-order chi connectivity index (χ1) is 8.81. The molecule has 0 bridgehead atoms. The summed E-state index contributed by atoms with van der Waals surface area (Å²) in [5, 5.41) is 0. The number of rotatable bonds is 3. The van der Waals surface area contributed by atoms with E-state index in [0.29, 0.717) is 0 Å². The van der Waals surface area contributed by atoms with Gasteiger partial charge >= 0.3 is 5.97 Å². The van der Waals surface area contributed by atoms with Gasteiger partial charge in [-0.3, -0.25) is 0 Å². The largest absolute Gasteiger partial charge is 0.465 e. The van der Waals surface area contributed by atoms with E-state index in [0.717, 1.165) is 16.7 Å². The van der Waals surface area contributed by atoms with Crippen LogP contribution in [0.4, 0.5) is 0 Å². The Labute approximate surface area is 107 Å². The van der Waals surface area contributed by atoms with Crippen LogP contribution in [-0.4, -0.2) is 13.1 Å². The van der Waals surface area contributed by atoms with Gasteiger partial charge in [0.05, 0.1) is 13.2 Å². The van der Waals surface area contributed by atoms with Crippen molar-refractivity contribution in [1.82, 2.24) is 0 Å². The van der Waals surface area contributed by atoms with Crippen molar-refractivity contribution in [3.8, 4) is 0 Å². The fraction of sp³-hybridized carbons (Fsp3) is 0.0625. The lowest BCUT2D eigenvalue weighted by Gasteiger charge is -2.07. The molecule has 1 radical (unpaired) electrons. The number of carbonyl (C=O) groups is 1. The molecule has 0 aliphatic rings. The Morgan fingerprint density at radius 2 is 1.33 bits per heavy atom. The minimum atomic E-state index is -0.474. The van der Waals surface area contributed by atoms with Crippen LogP contribution in [0.1, 0.15) is 11.1 Å². The Balaban J connectivity index is 2.49. The molecule has 2 rings (SSSR count). The van der Waals surface area contributed by atoms with Crippen molar-refractivity contribution in [2.75, 3.05) is 7.11 Å². The number of esters is 1. The highest BCUT2D eigenvalue weighted by atomic mass is 16.5. The Hall–Kier alpha value is -2.35. The number of methoxy groups -OCH3 is 1. The zero-order valence-electron chi connectivity index (χ0n) is 10.1. The predicted molar refractivity (Wildman–Crippen MR) is 70.7 cm³/mol. The van der Waals surface area contributed by atoms with Crippen LogP contribution in [0.2, 0.25) is 0 Å². The first-order valence-electron chi connectivity index (χ1n) is 5.64. The standard InChI is InChI=1S/C16H13O2/c1-18-16(17)12-15(13-8-4-2-5-9-13)14-10-6-3-7-11-14/h2-11H,1H3. The number of carbonyl (C=O) groups excluding carboxylic acids is 1. The highest BCUT2D eigenvalue weighted by Gasteiger charge is 2.07. The summed E-state index contributed by atoms with van der Waals surface area (Å²) in [6, 6.07) is 19.4. The van der Waals surface area contributed by atoms with Crippen molar-refractivity contribution >= 4 is 11.5 Å². The molecule has 0 amide bonds. The topological polar surface area (TPSA) is 26.3 Å². The molecule has 0 N–H and O–H groups in total. The maximum atomic E-state index is 11.4. The molecule has 89 valence electrons. The molecular weight excluding hydrogens is 224 g/mol. The van der Waals surface area contributed by atoms with E-state index < -0.39 is 5.97 Å². The first kappa shape index (κ1) is 12.1. The molecular formula is C16H13O2. The van der Waals surface area contributed by atoms with Gasteiger partial charge in [0.1, 0.15) is 0 Å². The second kappa shape index (κ2) is 5.82. The highest BCUT2D eigenvalue weighted by molar-refractivity contribution is 5.92. The van der Waals surface area contributed by atoms with Crippen molar-refractivity contribution in [3.63, 3.8) is 0 Å². The minimum absolute atomic E-state index is 0.474. The third-order valence-electron chi connectivity index (χ3n) is 2.54. The van der Waals surface area contributed by atoms with Crippen molar-refractivity contribution in [3.05, 3.63) is 77.9 Å². The molecule has 0 heterocycles. The van der Waals surface area contributed by atoms with Gasteiger partial charge < -0.3 is 4.74 Å². The van der Waals surface area contributed by atoms with E-state index in [1.165, 1.54) is 7.11 Å². The SMILES string of the molecule is COC(=O)[C]=C(c1ccccc1)c1ccccc1. The molecule has 18 heavy (non-hydrogen) atoms. The van der Waals surface area contributed by atoms with Crippen LogP contribution < -0.4 is 0 Å². The normalized spacial score (nSPS) is 9.61. The first-order valence-corrected chi connectivity index (χ1v) is 5.64. The van der Waals surface area contributed by atoms with Crippen molar-refractivity contribution in [2.24, 2.45) is 0 Å². The monoisotopic (exact) mass is 237 g/mol. The molecule has 0 aliphatic heterocycles. The second-order valence-corrected chi connectivity index (χ2v) is 3.72. The predicted octanol–water partition coefficient (Wildman–Crippen LogP) is 3.09. The van der Waals surface area contributed by atoms with Crippen LogP contribution in [0, 0.1) is 6.08 Å². The van der Waals surface area contributed by atoms with Gasteiger partial charge in [0.2, 0.25) is 0 Å². The van der Waals surface area contributed by atoms with Gasteiger partial charge in [-0.25, -0.2) is 4.79 Å². The molecule has 2 nitrogen and oxygen atoms in total. The van der Waals surface area contributed by atoms with Gasteiger partial charge in [0.15, 0.2) is 0 Å². The molecule has 0 aromatic heterocycles. The van der Waals surface area contributed by atoms with Crippen LogP contribution in [0.25, 0.3) is 5.57 Å². The van der Waals surface area contributed by atoms with Crippen LogP contribution in [0.15, 0.2) is 60.7 Å². The highest BCUT2D eigenvalue weighted by Crippen LogP contribution is 2.22. The quantitative estimate of drug-likeness (QED) is 0.605. The minimum Gasteiger partial charge on any atom is -0.465 e. The molecule has 0 atom stereocenters. The van der Waals surface area contributed by atoms with Gasteiger partial charge in [0, 0.05) is 5.57 Å². The third-order valence-corrected chi connectivity index (χ3v) is 2.54. The van der Waals surface area contributed by atoms with E-state index in [1.807, 2.05) is 60.7 Å². The molecule has 0 unspecified atom stereocenters. The van der Waals surface area contributed by atoms with Gasteiger partial charge in [-0.15, -0.1) is 0 Å². The average Bonchev–Trinajstić information content (AvgIpc) is 2.46. The van der Waals surface area contributed by atoms with E-state index in [1.54, 1.807) is 0 Å². The van der Waals surface area contributed by atoms with Gasteiger partial charge in [0.25, 0.3) is 0 Å². The number of hydrogen-bond acceptors (Lipinski definition) is 2. The average molecular weight is 237 g/mol. The molecule has 2 aromatic carbocycles. The second-order valence-electron chi connectivity index (χ2n) is 3.72. The summed E-state index contributed by atoms with van der Waals surface area (Å²) in [5.41, 5.74) is 2.62. The van der Waals surface area contributed by atoms with Crippen LogP contribution in [-0.2, 0) is 9.53 Å². The molecule has 0 fully saturated rings. The zero-order valence-corrected chi connectivity index (χ0v) is 10.1. The fourth-order valence-electron chi connectivity index (χ4n) is 1.67. The molecule has 0 saturated carbocycles. The molecule has 0 spiro atoms. The Kier molecular flexibility index (Phi) is 3.92. The van der Waals surface area contributed by atoms with Crippen LogP contribution in [0.5, 0.6) is 0 Å². The van der Waals surface area contributed by atoms with Gasteiger partial charge in [-0.1, -0.05) is 60.7 Å². The summed E-state index contributed by atoms with van der Waals surface area (Å²) < 4.78 is 4.65. The lowest BCUT2D eigenvalue weighted by Crippen LogP contribution is -1.99. The number of ether oxygens (including phenoxy) is 1. The summed E-state index contributed by atoms with van der Waals surface area (Å²) in [5.74, 6) is -0.474. The summed E-state index contributed by atoms with van der Waals surface area (Å²) in [6.07, 6.45) is 2.75. The smallest absolute Gasteiger partial charge is 0.339 e. The van der Waals surface area contributed by atoms with Gasteiger partial charge in [-0.05, 0) is 11.1 Å². The number of benzene rings is 2. The van der Waals surface area contributed by atoms with Crippen molar-refractivity contribution in [1.29, 1.82) is 0 Å². The fourth-order valence-corrected chi connectivity index (χ4v) is 1.67. The van der Waals surface area contributed by atoms with Gasteiger partial charge in [-0.2, -0.15) is 0 Å². The molecule has 0 saturated heterocycles. The summed E-state index contributed by atoms with van der Waals surface area (Å²) in [6.45, 7) is 0. The Morgan fingerprint density at radius 3 is 1.72 bits per heavy atom. The molecule has 0 aliphatic carbocycles. The van der Waals surface area contributed by atoms with Crippen molar-refractivity contribution < 1.29 is 9.53 Å². The van der Waals surface area contributed by atoms with Crippen LogP contribution >= 0.6 is 0 Å². The molecule has 2 aromatic rings. The maximum absolute atomic E-state index is 11.4. The summed E-state index contributed by atoms with van der Waals surface area (Å²) >= 11 is 0. The lowest BCUT2D eigenvalue weighted by atomic mass is 9.98.